The quantitative estimate of drug-likeness (QED) is 0.364. The first-order chi connectivity index (χ1) is 9.38. The number of carbonyl (C=O) groups excluding carboxylic acids is 3. The summed E-state index contributed by atoms with van der Waals surface area (Å²) < 4.78 is 0. The van der Waals surface area contributed by atoms with Gasteiger partial charge in [0.15, 0.2) is 17.3 Å². The van der Waals surface area contributed by atoms with Crippen LogP contribution in [0.25, 0.3) is 0 Å². The fourth-order valence-electron chi connectivity index (χ4n) is 0.859. The van der Waals surface area contributed by atoms with Crippen molar-refractivity contribution in [1.82, 2.24) is 0 Å². The minimum absolute atomic E-state index is 0. The summed E-state index contributed by atoms with van der Waals surface area (Å²) in [7, 11) is 0. The van der Waals surface area contributed by atoms with Crippen molar-refractivity contribution in [2.75, 3.05) is 0 Å². The van der Waals surface area contributed by atoms with Gasteiger partial charge in [0.1, 0.15) is 0 Å². The molecule has 0 unspecified atom stereocenters. The van der Waals surface area contributed by atoms with Gasteiger partial charge in [-0.3, -0.25) is 14.4 Å². The molecular weight excluding hydrogens is 346 g/mol. The van der Waals surface area contributed by atoms with Crippen molar-refractivity contribution >= 4 is 37.1 Å². The van der Waals surface area contributed by atoms with Gasteiger partial charge >= 0.3 is 19.8 Å². The maximum absolute atomic E-state index is 9.98. The molecule has 7 heteroatoms. The summed E-state index contributed by atoms with van der Waals surface area (Å²) in [5.41, 5.74) is 0. The van der Waals surface area contributed by atoms with Crippen molar-refractivity contribution in [3.8, 4) is 0 Å². The van der Waals surface area contributed by atoms with Gasteiger partial charge in [-0.25, -0.2) is 0 Å². The van der Waals surface area contributed by atoms with Crippen LogP contribution in [0.1, 0.15) is 41.5 Å². The minimum Gasteiger partial charge on any atom is -0.876 e. The van der Waals surface area contributed by atoms with Gasteiger partial charge in [-0.05, 0) is 39.0 Å². The van der Waals surface area contributed by atoms with Crippen LogP contribution in [-0.4, -0.2) is 37.1 Å². The van der Waals surface area contributed by atoms with Crippen LogP contribution < -0.4 is 15.3 Å². The monoisotopic (exact) mass is 366 g/mol. The second-order valence-corrected chi connectivity index (χ2v) is 4.10. The summed E-state index contributed by atoms with van der Waals surface area (Å²) in [6, 6.07) is 0. The molecule has 0 heterocycles. The molecule has 0 aromatic rings. The van der Waals surface area contributed by atoms with E-state index in [0.29, 0.717) is 0 Å². The SMILES string of the molecule is CC(=O)/C=C(/C)[O-].CC(=O)/C=C(/C)[O-].CC(=O)/C=C(/C)[O-].[Ga+3]. The van der Waals surface area contributed by atoms with E-state index in [4.69, 9.17) is 0 Å². The summed E-state index contributed by atoms with van der Waals surface area (Å²) in [6.45, 7) is 8.09. The molecule has 0 amide bonds. The maximum Gasteiger partial charge on any atom is 3.00 e. The Hall–Kier alpha value is -1.73. The standard InChI is InChI=1S/3C5H8O2.Ga/c3*1-4(6)3-5(2)7;/h3*3,6H,1-2H3;/q;;;+3/p-3/b3*4-3-;. The molecule has 0 aromatic heterocycles. The van der Waals surface area contributed by atoms with E-state index in [-0.39, 0.29) is 54.4 Å². The Kier molecular flexibility index (Phi) is 22.4. The third-order valence-corrected chi connectivity index (χ3v) is 1.22. The van der Waals surface area contributed by atoms with Crippen LogP contribution in [0.5, 0.6) is 0 Å². The number of carbonyl (C=O) groups is 3. The van der Waals surface area contributed by atoms with E-state index >= 15 is 0 Å². The van der Waals surface area contributed by atoms with Crippen molar-refractivity contribution < 1.29 is 29.7 Å². The molecule has 0 rings (SSSR count). The van der Waals surface area contributed by atoms with E-state index in [1.165, 1.54) is 41.5 Å². The molecule has 0 saturated heterocycles. The minimum atomic E-state index is -0.187. The average Bonchev–Trinajstić information content (AvgIpc) is 2.10. The van der Waals surface area contributed by atoms with E-state index in [2.05, 4.69) is 0 Å². The van der Waals surface area contributed by atoms with Gasteiger partial charge in [0.25, 0.3) is 0 Å². The largest absolute Gasteiger partial charge is 3.00 e. The molecule has 22 heavy (non-hydrogen) atoms. The Morgan fingerprint density at radius 2 is 0.682 bits per heavy atom. The van der Waals surface area contributed by atoms with Crippen LogP contribution in [0.4, 0.5) is 0 Å². The third kappa shape index (κ3) is 51.7. The van der Waals surface area contributed by atoms with Crippen molar-refractivity contribution in [2.24, 2.45) is 0 Å². The second-order valence-electron chi connectivity index (χ2n) is 4.10. The van der Waals surface area contributed by atoms with E-state index in [1.54, 1.807) is 0 Å². The predicted molar refractivity (Wildman–Crippen MR) is 79.1 cm³/mol. The summed E-state index contributed by atoms with van der Waals surface area (Å²) in [5.74, 6) is -1.12. The normalized spacial score (nSPS) is 10.9. The molecular formula is C15H21GaO6. The van der Waals surface area contributed by atoms with Crippen LogP contribution >= 0.6 is 0 Å². The third-order valence-electron chi connectivity index (χ3n) is 1.22. The first-order valence-electron chi connectivity index (χ1n) is 5.96. The number of allylic oxidation sites excluding steroid dienone is 6. The number of ketones is 3. The van der Waals surface area contributed by atoms with E-state index in [9.17, 15) is 29.7 Å². The van der Waals surface area contributed by atoms with Crippen molar-refractivity contribution in [2.45, 2.75) is 41.5 Å². The van der Waals surface area contributed by atoms with E-state index < -0.39 is 0 Å². The Balaban J connectivity index is -0.000000108. The molecule has 0 aliphatic carbocycles. The molecule has 0 saturated carbocycles. The molecule has 0 atom stereocenters. The van der Waals surface area contributed by atoms with Gasteiger partial charge < -0.3 is 15.3 Å². The van der Waals surface area contributed by atoms with Crippen molar-refractivity contribution in [3.63, 3.8) is 0 Å². The molecule has 0 radical (unpaired) electrons. The van der Waals surface area contributed by atoms with Gasteiger partial charge in [-0.2, -0.15) is 0 Å². The summed E-state index contributed by atoms with van der Waals surface area (Å²) in [5, 5.41) is 29.9. The van der Waals surface area contributed by atoms with Gasteiger partial charge in [-0.15, -0.1) is 17.3 Å². The fraction of sp³-hybridized carbons (Fsp3) is 0.400. The molecule has 0 aliphatic rings. The fourth-order valence-corrected chi connectivity index (χ4v) is 0.859. The molecule has 0 aromatic carbocycles. The molecule has 0 fully saturated rings. The zero-order valence-corrected chi connectivity index (χ0v) is 16.2. The van der Waals surface area contributed by atoms with Gasteiger partial charge in [0.2, 0.25) is 0 Å². The molecule has 0 spiro atoms. The van der Waals surface area contributed by atoms with E-state index in [1.807, 2.05) is 0 Å². The Bertz CT molecular complexity index is 368. The topological polar surface area (TPSA) is 120 Å². The average molecular weight is 367 g/mol. The predicted octanol–water partition coefficient (Wildman–Crippen LogP) is -0.862. The molecule has 6 nitrogen and oxygen atoms in total. The molecule has 0 N–H and O–H groups in total. The Labute approximate surface area is 144 Å². The molecule has 0 aliphatic heterocycles. The van der Waals surface area contributed by atoms with Crippen molar-refractivity contribution in [1.29, 1.82) is 0 Å². The van der Waals surface area contributed by atoms with Crippen LogP contribution in [0.2, 0.25) is 0 Å². The van der Waals surface area contributed by atoms with Crippen LogP contribution in [0, 0.1) is 0 Å². The van der Waals surface area contributed by atoms with Gasteiger partial charge in [0.05, 0.1) is 0 Å². The van der Waals surface area contributed by atoms with Gasteiger partial charge in [0, 0.05) is 0 Å². The second kappa shape index (κ2) is 17.3. The van der Waals surface area contributed by atoms with Crippen LogP contribution in [-0.2, 0) is 14.4 Å². The first kappa shape index (κ1) is 28.4. The molecule has 120 valence electrons. The summed E-state index contributed by atoms with van der Waals surface area (Å²) in [6.07, 6.45) is 3.17. The Morgan fingerprint density at radius 3 is 0.682 bits per heavy atom. The smallest absolute Gasteiger partial charge is 0.876 e. The van der Waals surface area contributed by atoms with Crippen LogP contribution in [0.15, 0.2) is 35.5 Å². The zero-order chi connectivity index (χ0) is 17.6. The number of hydrogen-bond donors (Lipinski definition) is 0. The van der Waals surface area contributed by atoms with Crippen LogP contribution in [0.3, 0.4) is 0 Å². The number of hydrogen-bond acceptors (Lipinski definition) is 6. The van der Waals surface area contributed by atoms with E-state index in [0.717, 1.165) is 18.2 Å². The zero-order valence-electron chi connectivity index (χ0n) is 13.8. The Morgan fingerprint density at radius 1 is 0.545 bits per heavy atom. The van der Waals surface area contributed by atoms with Gasteiger partial charge in [-0.1, -0.05) is 20.8 Å². The summed E-state index contributed by atoms with van der Waals surface area (Å²) >= 11 is 0. The molecule has 0 bridgehead atoms. The first-order valence-corrected chi connectivity index (χ1v) is 5.96. The van der Waals surface area contributed by atoms with Crippen molar-refractivity contribution in [3.05, 3.63) is 35.5 Å². The maximum atomic E-state index is 9.98. The number of rotatable bonds is 3. The summed E-state index contributed by atoms with van der Waals surface area (Å²) in [4.78, 5) is 29.9.